The number of alkyl halides is 3. The van der Waals surface area contributed by atoms with Gasteiger partial charge in [-0.25, -0.2) is 9.50 Å². The van der Waals surface area contributed by atoms with E-state index in [1.165, 1.54) is 12.4 Å². The van der Waals surface area contributed by atoms with Gasteiger partial charge in [-0.1, -0.05) is 5.16 Å². The first kappa shape index (κ1) is 14.4. The van der Waals surface area contributed by atoms with Crippen molar-refractivity contribution in [2.24, 2.45) is 0 Å². The van der Waals surface area contributed by atoms with Gasteiger partial charge in [0.1, 0.15) is 11.3 Å². The summed E-state index contributed by atoms with van der Waals surface area (Å²) in [6, 6.07) is 0.961. The van der Waals surface area contributed by atoms with Crippen molar-refractivity contribution in [1.29, 1.82) is 0 Å². The second-order valence-corrected chi connectivity index (χ2v) is 4.79. The summed E-state index contributed by atoms with van der Waals surface area (Å²) in [6.45, 7) is 3.91. The van der Waals surface area contributed by atoms with Gasteiger partial charge in [-0.15, -0.1) is 0 Å². The molecule has 0 spiro atoms. The molecule has 0 aromatic carbocycles. The van der Waals surface area contributed by atoms with Crippen LogP contribution in [-0.2, 0) is 12.7 Å². The van der Waals surface area contributed by atoms with E-state index in [-0.39, 0.29) is 5.52 Å². The van der Waals surface area contributed by atoms with E-state index in [4.69, 9.17) is 4.52 Å². The van der Waals surface area contributed by atoms with E-state index in [0.717, 1.165) is 21.8 Å². The van der Waals surface area contributed by atoms with Crippen molar-refractivity contribution in [2.75, 3.05) is 5.32 Å². The lowest BCUT2D eigenvalue weighted by atomic mass is 10.2. The van der Waals surface area contributed by atoms with Crippen LogP contribution in [0.25, 0.3) is 5.52 Å². The number of fused-ring (bicyclic) bond motifs is 1. The molecule has 0 aliphatic heterocycles. The minimum absolute atomic E-state index is 0.251. The fourth-order valence-corrected chi connectivity index (χ4v) is 2.12. The van der Waals surface area contributed by atoms with Crippen LogP contribution in [0.15, 0.2) is 23.0 Å². The molecule has 0 atom stereocenters. The predicted octanol–water partition coefficient (Wildman–Crippen LogP) is 2.97. The summed E-state index contributed by atoms with van der Waals surface area (Å²) in [4.78, 5) is 4.07. The molecule has 0 saturated carbocycles. The van der Waals surface area contributed by atoms with Crippen LogP contribution in [0.4, 0.5) is 19.0 Å². The van der Waals surface area contributed by atoms with Crippen molar-refractivity contribution in [3.63, 3.8) is 0 Å². The lowest BCUT2D eigenvalue weighted by molar-refractivity contribution is -0.141. The number of halogens is 3. The highest BCUT2D eigenvalue weighted by atomic mass is 19.4. The molecule has 0 amide bonds. The molecule has 0 fully saturated rings. The van der Waals surface area contributed by atoms with E-state index >= 15 is 0 Å². The monoisotopic (exact) mass is 311 g/mol. The minimum Gasteiger partial charge on any atom is -0.364 e. The lowest BCUT2D eigenvalue weighted by Crippen LogP contribution is -2.05. The Labute approximate surface area is 122 Å². The van der Waals surface area contributed by atoms with Crippen molar-refractivity contribution >= 4 is 11.3 Å². The highest BCUT2D eigenvalue weighted by molar-refractivity contribution is 5.68. The smallest absolute Gasteiger partial charge is 0.364 e. The Morgan fingerprint density at radius 2 is 2.09 bits per heavy atom. The largest absolute Gasteiger partial charge is 0.435 e. The van der Waals surface area contributed by atoms with Crippen LogP contribution >= 0.6 is 0 Å². The highest BCUT2D eigenvalue weighted by Crippen LogP contribution is 2.30. The van der Waals surface area contributed by atoms with Gasteiger partial charge < -0.3 is 9.84 Å². The molecule has 3 heterocycles. The van der Waals surface area contributed by atoms with E-state index in [1.807, 2.05) is 0 Å². The van der Waals surface area contributed by atoms with Gasteiger partial charge in [0.15, 0.2) is 11.5 Å². The number of rotatable bonds is 3. The van der Waals surface area contributed by atoms with Gasteiger partial charge in [0, 0.05) is 30.6 Å². The van der Waals surface area contributed by atoms with Gasteiger partial charge in [-0.3, -0.25) is 0 Å². The van der Waals surface area contributed by atoms with Gasteiger partial charge in [0.2, 0.25) is 0 Å². The number of hydrogen-bond donors (Lipinski definition) is 1. The Morgan fingerprint density at radius 3 is 2.73 bits per heavy atom. The minimum atomic E-state index is -4.50. The Morgan fingerprint density at radius 1 is 1.32 bits per heavy atom. The number of anilines is 1. The molecule has 0 aliphatic carbocycles. The van der Waals surface area contributed by atoms with Crippen molar-refractivity contribution in [3.05, 3.63) is 41.2 Å². The fourth-order valence-electron chi connectivity index (χ4n) is 2.12. The van der Waals surface area contributed by atoms with Crippen molar-refractivity contribution in [2.45, 2.75) is 26.6 Å². The van der Waals surface area contributed by atoms with Crippen LogP contribution in [0.5, 0.6) is 0 Å². The van der Waals surface area contributed by atoms with Crippen molar-refractivity contribution in [1.82, 2.24) is 19.8 Å². The zero-order chi connectivity index (χ0) is 15.9. The second kappa shape index (κ2) is 5.00. The molecule has 0 unspecified atom stereocenters. The molecule has 0 radical (unpaired) electrons. The Kier molecular flexibility index (Phi) is 3.27. The summed E-state index contributed by atoms with van der Waals surface area (Å²) in [5.74, 6) is 0.965. The third kappa shape index (κ3) is 2.49. The third-order valence-corrected chi connectivity index (χ3v) is 3.29. The van der Waals surface area contributed by atoms with Crippen molar-refractivity contribution < 1.29 is 17.7 Å². The summed E-state index contributed by atoms with van der Waals surface area (Å²) in [5.41, 5.74) is 0.864. The Balaban J connectivity index is 1.92. The summed E-state index contributed by atoms with van der Waals surface area (Å²) in [7, 11) is 0. The predicted molar refractivity (Wildman–Crippen MR) is 71.3 cm³/mol. The maximum Gasteiger partial charge on any atom is 0.435 e. The standard InChI is InChI=1S/C13H12F3N5O/c1-7-9(8(2)22-20-7)6-18-12-10-5-11(13(14,15)16)19-21(10)4-3-17-12/h3-5H,6H2,1-2H3,(H,17,18). The number of nitrogens with one attached hydrogen (secondary N) is 1. The maximum atomic E-state index is 12.7. The first-order valence-electron chi connectivity index (χ1n) is 6.43. The number of nitrogens with zero attached hydrogens (tertiary/aromatic N) is 4. The van der Waals surface area contributed by atoms with Gasteiger partial charge in [-0.2, -0.15) is 18.3 Å². The topological polar surface area (TPSA) is 68.2 Å². The van der Waals surface area contributed by atoms with E-state index in [1.54, 1.807) is 13.8 Å². The third-order valence-electron chi connectivity index (χ3n) is 3.29. The first-order valence-corrected chi connectivity index (χ1v) is 6.43. The lowest BCUT2D eigenvalue weighted by Gasteiger charge is -2.06. The van der Waals surface area contributed by atoms with Crippen LogP contribution < -0.4 is 5.32 Å². The average Bonchev–Trinajstić information content (AvgIpc) is 3.01. The SMILES string of the molecule is Cc1noc(C)c1CNc1nccn2nc(C(F)(F)F)cc12. The molecule has 9 heteroatoms. The molecule has 1 N–H and O–H groups in total. The average molecular weight is 311 g/mol. The zero-order valence-corrected chi connectivity index (χ0v) is 11.8. The summed E-state index contributed by atoms with van der Waals surface area (Å²) in [5, 5.41) is 10.3. The quantitative estimate of drug-likeness (QED) is 0.805. The maximum absolute atomic E-state index is 12.7. The van der Waals surface area contributed by atoms with Crippen molar-refractivity contribution in [3.8, 4) is 0 Å². The summed E-state index contributed by atoms with van der Waals surface area (Å²) in [6.07, 6.45) is -1.74. The molecule has 3 rings (SSSR count). The van der Waals surface area contributed by atoms with Crippen LogP contribution in [0, 0.1) is 13.8 Å². The molecular weight excluding hydrogens is 299 g/mol. The number of aryl methyl sites for hydroxylation is 2. The number of aromatic nitrogens is 4. The van der Waals surface area contributed by atoms with E-state index in [0.29, 0.717) is 18.1 Å². The molecule has 3 aromatic rings. The molecule has 3 aromatic heterocycles. The van der Waals surface area contributed by atoms with Crippen LogP contribution in [0.1, 0.15) is 22.7 Å². The summed E-state index contributed by atoms with van der Waals surface area (Å²) >= 11 is 0. The molecule has 6 nitrogen and oxygen atoms in total. The van der Waals surface area contributed by atoms with E-state index in [2.05, 4.69) is 20.6 Å². The Bertz CT molecular complexity index is 801. The van der Waals surface area contributed by atoms with Gasteiger partial charge in [-0.05, 0) is 13.8 Å². The zero-order valence-electron chi connectivity index (χ0n) is 11.8. The molecule has 0 aliphatic rings. The van der Waals surface area contributed by atoms with Crippen LogP contribution in [0.3, 0.4) is 0 Å². The molecule has 116 valence electrons. The molecule has 0 bridgehead atoms. The fraction of sp³-hybridized carbons (Fsp3) is 0.308. The normalized spacial score (nSPS) is 12.0. The molecule has 0 saturated heterocycles. The number of hydrogen-bond acceptors (Lipinski definition) is 5. The Hall–Kier alpha value is -2.58. The van der Waals surface area contributed by atoms with Crippen LogP contribution in [-0.4, -0.2) is 19.8 Å². The van der Waals surface area contributed by atoms with Gasteiger partial charge >= 0.3 is 6.18 Å². The van der Waals surface area contributed by atoms with Crippen LogP contribution in [0.2, 0.25) is 0 Å². The molecular formula is C13H12F3N5O. The molecule has 22 heavy (non-hydrogen) atoms. The van der Waals surface area contributed by atoms with Gasteiger partial charge in [0.05, 0.1) is 5.69 Å². The van der Waals surface area contributed by atoms with E-state index < -0.39 is 11.9 Å². The van der Waals surface area contributed by atoms with Gasteiger partial charge in [0.25, 0.3) is 0 Å². The second-order valence-electron chi connectivity index (χ2n) is 4.79. The first-order chi connectivity index (χ1) is 10.4. The van der Waals surface area contributed by atoms with E-state index in [9.17, 15) is 13.2 Å². The highest BCUT2D eigenvalue weighted by Gasteiger charge is 2.34. The summed E-state index contributed by atoms with van der Waals surface area (Å²) < 4.78 is 44.4.